The van der Waals surface area contributed by atoms with Gasteiger partial charge < -0.3 is 47.4 Å². The normalized spacial score (nSPS) is 30.1. The van der Waals surface area contributed by atoms with Crippen LogP contribution in [0.3, 0.4) is 0 Å². The monoisotopic (exact) mass is 508 g/mol. The van der Waals surface area contributed by atoms with Gasteiger partial charge in [-0.15, -0.1) is 0 Å². The summed E-state index contributed by atoms with van der Waals surface area (Å²) in [5.41, 5.74) is 0. The van der Waals surface area contributed by atoms with Crippen LogP contribution >= 0.6 is 0 Å². The Morgan fingerprint density at radius 3 is 1.57 bits per heavy atom. The fourth-order valence-electron chi connectivity index (χ4n) is 3.42. The van der Waals surface area contributed by atoms with Crippen molar-refractivity contribution >= 4 is 17.9 Å². The molecule has 3 aliphatic heterocycles. The van der Waals surface area contributed by atoms with Gasteiger partial charge in [-0.05, 0) is 0 Å². The first-order valence-electron chi connectivity index (χ1n) is 11.6. The van der Waals surface area contributed by atoms with Crippen molar-refractivity contribution < 1.29 is 61.8 Å². The lowest BCUT2D eigenvalue weighted by Gasteiger charge is -2.44. The Hall–Kier alpha value is -1.87. The van der Waals surface area contributed by atoms with Gasteiger partial charge in [-0.3, -0.25) is 14.4 Å². The number of esters is 3. The molecule has 3 rings (SSSR count). The van der Waals surface area contributed by atoms with Crippen LogP contribution in [0.1, 0.15) is 20.8 Å². The van der Waals surface area contributed by atoms with E-state index in [1.165, 1.54) is 20.8 Å². The first-order chi connectivity index (χ1) is 16.9. The second-order valence-corrected chi connectivity index (χ2v) is 7.65. The Kier molecular flexibility index (Phi) is 14.0. The summed E-state index contributed by atoms with van der Waals surface area (Å²) in [6.45, 7) is 6.38. The molecule has 0 aromatic carbocycles. The van der Waals surface area contributed by atoms with Crippen LogP contribution in [-0.4, -0.2) is 121 Å². The summed E-state index contributed by atoms with van der Waals surface area (Å²) in [6, 6.07) is 0. The predicted molar refractivity (Wildman–Crippen MR) is 115 cm³/mol. The highest BCUT2D eigenvalue weighted by Crippen LogP contribution is 2.29. The van der Waals surface area contributed by atoms with Gasteiger partial charge in [0.15, 0.2) is 18.5 Å². The number of carbonyl (C=O) groups excluding carboxylic acids is 3. The van der Waals surface area contributed by atoms with Gasteiger partial charge in [0, 0.05) is 20.8 Å². The highest BCUT2D eigenvalue weighted by Gasteiger charge is 2.51. The van der Waals surface area contributed by atoms with E-state index in [0.29, 0.717) is 39.6 Å². The molecule has 3 fully saturated rings. The first-order valence-corrected chi connectivity index (χ1v) is 11.6. The average Bonchev–Trinajstić information content (AvgIpc) is 2.79. The zero-order chi connectivity index (χ0) is 25.5. The molecule has 0 saturated carbocycles. The van der Waals surface area contributed by atoms with Gasteiger partial charge in [-0.1, -0.05) is 0 Å². The number of ether oxygens (including phenoxy) is 10. The van der Waals surface area contributed by atoms with Crippen molar-refractivity contribution in [3.63, 3.8) is 0 Å². The van der Waals surface area contributed by atoms with Gasteiger partial charge in [0.1, 0.15) is 18.8 Å². The van der Waals surface area contributed by atoms with E-state index in [1.807, 2.05) is 0 Å². The highest BCUT2D eigenvalue weighted by molar-refractivity contribution is 5.67. The number of hydrogen-bond donors (Lipinski definition) is 0. The van der Waals surface area contributed by atoms with Gasteiger partial charge in [0.2, 0.25) is 0 Å². The van der Waals surface area contributed by atoms with E-state index in [1.54, 1.807) is 0 Å². The van der Waals surface area contributed by atoms with Crippen LogP contribution < -0.4 is 0 Å². The average molecular weight is 509 g/mol. The van der Waals surface area contributed by atoms with Crippen molar-refractivity contribution in [3.05, 3.63) is 0 Å². The third-order valence-corrected chi connectivity index (χ3v) is 4.81. The standard InChI is InChI=1S/C22H36O13/c1-15(23)32-14-18-19-20(33-16(2)24)21(34-17(3)25)22(35-18)31-13-11-29-9-7-27-5-4-26-6-8-28-10-12-30-19/h18-22H,4-14H2,1-3H3/t18-,19-,20+,21-,22+/m1/s1. The quantitative estimate of drug-likeness (QED) is 0.277. The lowest BCUT2D eigenvalue weighted by molar-refractivity contribution is -0.314. The molecule has 3 aliphatic rings. The fourth-order valence-corrected chi connectivity index (χ4v) is 3.42. The molecule has 13 heteroatoms. The smallest absolute Gasteiger partial charge is 0.303 e. The number of rotatable bonds is 4. The molecule has 13 nitrogen and oxygen atoms in total. The molecule has 0 spiro atoms. The van der Waals surface area contributed by atoms with E-state index in [0.717, 1.165) is 0 Å². The third-order valence-electron chi connectivity index (χ3n) is 4.81. The van der Waals surface area contributed by atoms with E-state index < -0.39 is 48.6 Å². The van der Waals surface area contributed by atoms with Gasteiger partial charge in [-0.2, -0.15) is 0 Å². The summed E-state index contributed by atoms with van der Waals surface area (Å²) in [5.74, 6) is -1.79. The van der Waals surface area contributed by atoms with Crippen LogP contribution in [0.2, 0.25) is 0 Å². The molecule has 2 bridgehead atoms. The number of carbonyl (C=O) groups is 3. The minimum absolute atomic E-state index is 0.0813. The Balaban J connectivity index is 2.21. The molecule has 0 N–H and O–H groups in total. The van der Waals surface area contributed by atoms with Crippen molar-refractivity contribution in [2.75, 3.05) is 72.7 Å². The van der Waals surface area contributed by atoms with Crippen molar-refractivity contribution in [1.82, 2.24) is 0 Å². The van der Waals surface area contributed by atoms with E-state index in [2.05, 4.69) is 0 Å². The Bertz CT molecular complexity index is 643. The summed E-state index contributed by atoms with van der Waals surface area (Å²) >= 11 is 0. The molecule has 3 saturated heterocycles. The summed E-state index contributed by atoms with van der Waals surface area (Å²) < 4.78 is 55.6. The number of fused-ring (bicyclic) bond motifs is 17. The Morgan fingerprint density at radius 1 is 0.629 bits per heavy atom. The molecule has 35 heavy (non-hydrogen) atoms. The molecule has 202 valence electrons. The lowest BCUT2D eigenvalue weighted by atomic mass is 9.98. The minimum atomic E-state index is -1.14. The maximum Gasteiger partial charge on any atom is 0.303 e. The highest BCUT2D eigenvalue weighted by atomic mass is 16.7. The second kappa shape index (κ2) is 16.7. The van der Waals surface area contributed by atoms with E-state index in [9.17, 15) is 14.4 Å². The number of hydrogen-bond acceptors (Lipinski definition) is 13. The van der Waals surface area contributed by atoms with Gasteiger partial charge in [0.05, 0.1) is 66.1 Å². The van der Waals surface area contributed by atoms with Crippen LogP contribution in [0, 0.1) is 0 Å². The summed E-state index contributed by atoms with van der Waals surface area (Å²) in [6.07, 6.45) is -5.20. The largest absolute Gasteiger partial charge is 0.463 e. The Labute approximate surface area is 204 Å². The molecular formula is C22H36O13. The van der Waals surface area contributed by atoms with Crippen LogP contribution in [0.5, 0.6) is 0 Å². The van der Waals surface area contributed by atoms with Crippen molar-refractivity contribution in [1.29, 1.82) is 0 Å². The maximum atomic E-state index is 11.9. The van der Waals surface area contributed by atoms with Crippen LogP contribution in [0.25, 0.3) is 0 Å². The summed E-state index contributed by atoms with van der Waals surface area (Å²) in [4.78, 5) is 35.2. The van der Waals surface area contributed by atoms with Crippen LogP contribution in [0.15, 0.2) is 0 Å². The summed E-state index contributed by atoms with van der Waals surface area (Å²) in [5, 5.41) is 0. The van der Waals surface area contributed by atoms with Gasteiger partial charge in [0.25, 0.3) is 0 Å². The molecule has 0 aliphatic carbocycles. The maximum absolute atomic E-state index is 11.9. The van der Waals surface area contributed by atoms with Gasteiger partial charge >= 0.3 is 17.9 Å². The molecule has 0 aromatic rings. The Morgan fingerprint density at radius 2 is 1.09 bits per heavy atom. The first kappa shape index (κ1) is 29.4. The molecular weight excluding hydrogens is 472 g/mol. The zero-order valence-corrected chi connectivity index (χ0v) is 20.5. The van der Waals surface area contributed by atoms with Crippen molar-refractivity contribution in [3.8, 4) is 0 Å². The van der Waals surface area contributed by atoms with Crippen molar-refractivity contribution in [2.24, 2.45) is 0 Å². The zero-order valence-electron chi connectivity index (χ0n) is 20.5. The van der Waals surface area contributed by atoms with E-state index >= 15 is 0 Å². The molecule has 0 unspecified atom stereocenters. The SMILES string of the molecule is CC(=O)OC[C@H]1O[C@@H]2OCCOCCOCCOCCOCCO[C@H]1[C@H](OC(C)=O)[C@H]2OC(C)=O. The molecule has 0 aromatic heterocycles. The van der Waals surface area contributed by atoms with Crippen LogP contribution in [0.4, 0.5) is 0 Å². The molecule has 0 amide bonds. The topological polar surface area (TPSA) is 144 Å². The lowest BCUT2D eigenvalue weighted by Crippen LogP contribution is -2.62. The third kappa shape index (κ3) is 11.6. The van der Waals surface area contributed by atoms with Gasteiger partial charge in [-0.25, -0.2) is 0 Å². The molecule has 3 heterocycles. The molecule has 5 atom stereocenters. The second-order valence-electron chi connectivity index (χ2n) is 7.65. The molecule has 0 radical (unpaired) electrons. The predicted octanol–water partition coefficient (Wildman–Crippen LogP) is -0.380. The summed E-state index contributed by atoms with van der Waals surface area (Å²) in [7, 11) is 0. The van der Waals surface area contributed by atoms with Crippen LogP contribution in [-0.2, 0) is 61.8 Å². The van der Waals surface area contributed by atoms with E-state index in [-0.39, 0.29) is 33.0 Å². The van der Waals surface area contributed by atoms with E-state index in [4.69, 9.17) is 47.4 Å². The minimum Gasteiger partial charge on any atom is -0.463 e. The van der Waals surface area contributed by atoms with Crippen molar-refractivity contribution in [2.45, 2.75) is 51.5 Å². The fraction of sp³-hybridized carbons (Fsp3) is 0.864.